The Kier molecular flexibility index (Phi) is 4.29. The number of methoxy groups -OCH3 is 1. The number of rotatable bonds is 5. The lowest BCUT2D eigenvalue weighted by Gasteiger charge is -2.34. The molecule has 0 radical (unpaired) electrons. The van der Waals surface area contributed by atoms with E-state index >= 15 is 0 Å². The van der Waals surface area contributed by atoms with Gasteiger partial charge in [-0.05, 0) is 50.3 Å². The average molecular weight is 183 g/mol. The number of hydrogen-bond donors (Lipinski definition) is 1. The third kappa shape index (κ3) is 3.03. The molecule has 2 heteroatoms. The van der Waals surface area contributed by atoms with Crippen molar-refractivity contribution in [1.29, 1.82) is 0 Å². The fraction of sp³-hybridized carbons (Fsp3) is 0.818. The molecule has 0 amide bonds. The van der Waals surface area contributed by atoms with Gasteiger partial charge in [0.05, 0.1) is 13.4 Å². The summed E-state index contributed by atoms with van der Waals surface area (Å²) in [6, 6.07) is 0. The van der Waals surface area contributed by atoms with Crippen molar-refractivity contribution in [3.8, 4) is 0 Å². The molecule has 0 spiro atoms. The third-order valence-electron chi connectivity index (χ3n) is 2.99. The molecule has 0 aliphatic heterocycles. The zero-order valence-electron chi connectivity index (χ0n) is 8.97. The summed E-state index contributed by atoms with van der Waals surface area (Å²) in [6.07, 6.45) is 5.69. The van der Waals surface area contributed by atoms with Crippen LogP contribution in [0.5, 0.6) is 0 Å². The highest BCUT2D eigenvalue weighted by Gasteiger charge is 2.27. The molecule has 0 saturated heterocycles. The normalized spacial score (nSPS) is 23.6. The second-order valence-corrected chi connectivity index (χ2v) is 4.05. The molecule has 1 fully saturated rings. The highest BCUT2D eigenvalue weighted by Crippen LogP contribution is 2.39. The SMILES string of the molecule is CNCCC(C)C1CC(=COC)C1. The summed E-state index contributed by atoms with van der Waals surface area (Å²) in [7, 11) is 3.74. The van der Waals surface area contributed by atoms with Crippen molar-refractivity contribution in [2.24, 2.45) is 11.8 Å². The van der Waals surface area contributed by atoms with Gasteiger partial charge in [-0.1, -0.05) is 6.92 Å². The molecule has 1 rings (SSSR count). The van der Waals surface area contributed by atoms with Gasteiger partial charge in [0.15, 0.2) is 0 Å². The van der Waals surface area contributed by atoms with Gasteiger partial charge in [0.25, 0.3) is 0 Å². The van der Waals surface area contributed by atoms with Crippen LogP contribution in [0.2, 0.25) is 0 Å². The lowest BCUT2D eigenvalue weighted by Crippen LogP contribution is -2.25. The summed E-state index contributed by atoms with van der Waals surface area (Å²) < 4.78 is 4.98. The topological polar surface area (TPSA) is 21.3 Å². The van der Waals surface area contributed by atoms with E-state index in [9.17, 15) is 0 Å². The number of nitrogens with one attached hydrogen (secondary N) is 1. The summed E-state index contributed by atoms with van der Waals surface area (Å²) >= 11 is 0. The van der Waals surface area contributed by atoms with Crippen molar-refractivity contribution in [2.75, 3.05) is 20.7 Å². The summed E-state index contributed by atoms with van der Waals surface area (Å²) in [4.78, 5) is 0. The van der Waals surface area contributed by atoms with Gasteiger partial charge in [0.2, 0.25) is 0 Å². The number of ether oxygens (including phenoxy) is 1. The Hall–Kier alpha value is -0.500. The molecule has 1 aliphatic carbocycles. The molecule has 0 aromatic rings. The fourth-order valence-corrected chi connectivity index (χ4v) is 1.89. The second kappa shape index (κ2) is 5.28. The minimum atomic E-state index is 0.849. The second-order valence-electron chi connectivity index (χ2n) is 4.05. The predicted octanol–water partition coefficient (Wildman–Crippen LogP) is 2.17. The first kappa shape index (κ1) is 10.6. The van der Waals surface area contributed by atoms with Crippen LogP contribution in [0, 0.1) is 11.8 Å². The molecule has 76 valence electrons. The molecule has 1 atom stereocenters. The molecular formula is C11H21NO. The summed E-state index contributed by atoms with van der Waals surface area (Å²) in [5.41, 5.74) is 1.48. The van der Waals surface area contributed by atoms with Gasteiger partial charge in [-0.3, -0.25) is 0 Å². The Morgan fingerprint density at radius 2 is 2.31 bits per heavy atom. The van der Waals surface area contributed by atoms with Gasteiger partial charge >= 0.3 is 0 Å². The van der Waals surface area contributed by atoms with E-state index in [1.54, 1.807) is 7.11 Å². The Labute approximate surface area is 81.4 Å². The summed E-state index contributed by atoms with van der Waals surface area (Å²) in [5, 5.41) is 3.20. The van der Waals surface area contributed by atoms with Crippen LogP contribution in [0.25, 0.3) is 0 Å². The first-order valence-electron chi connectivity index (χ1n) is 5.13. The van der Waals surface area contributed by atoms with Crippen LogP contribution < -0.4 is 5.32 Å². The first-order valence-corrected chi connectivity index (χ1v) is 5.13. The van der Waals surface area contributed by atoms with Gasteiger partial charge in [-0.2, -0.15) is 0 Å². The molecule has 1 unspecified atom stereocenters. The van der Waals surface area contributed by atoms with E-state index in [1.807, 2.05) is 13.3 Å². The van der Waals surface area contributed by atoms with Crippen LogP contribution in [0.4, 0.5) is 0 Å². The number of allylic oxidation sites excluding steroid dienone is 1. The van der Waals surface area contributed by atoms with E-state index in [0.717, 1.165) is 18.4 Å². The molecule has 1 aliphatic rings. The predicted molar refractivity (Wildman–Crippen MR) is 55.5 cm³/mol. The lowest BCUT2D eigenvalue weighted by molar-refractivity contribution is 0.252. The maximum atomic E-state index is 4.98. The molecular weight excluding hydrogens is 162 g/mol. The highest BCUT2D eigenvalue weighted by molar-refractivity contribution is 5.11. The Morgan fingerprint density at radius 3 is 2.85 bits per heavy atom. The molecule has 13 heavy (non-hydrogen) atoms. The van der Waals surface area contributed by atoms with E-state index in [4.69, 9.17) is 4.74 Å². The van der Waals surface area contributed by atoms with Gasteiger partial charge < -0.3 is 10.1 Å². The van der Waals surface area contributed by atoms with E-state index in [0.29, 0.717) is 0 Å². The summed E-state index contributed by atoms with van der Waals surface area (Å²) in [5.74, 6) is 1.75. The zero-order valence-corrected chi connectivity index (χ0v) is 8.97. The van der Waals surface area contributed by atoms with Crippen LogP contribution in [0.1, 0.15) is 26.2 Å². The maximum absolute atomic E-state index is 4.98. The maximum Gasteiger partial charge on any atom is 0.0816 e. The van der Waals surface area contributed by atoms with Crippen LogP contribution >= 0.6 is 0 Å². The molecule has 2 nitrogen and oxygen atoms in total. The first-order chi connectivity index (χ1) is 6.27. The van der Waals surface area contributed by atoms with Gasteiger partial charge in [-0.15, -0.1) is 0 Å². The zero-order chi connectivity index (χ0) is 9.68. The molecule has 0 bridgehead atoms. The van der Waals surface area contributed by atoms with Crippen molar-refractivity contribution in [3.63, 3.8) is 0 Å². The smallest absolute Gasteiger partial charge is 0.0816 e. The van der Waals surface area contributed by atoms with Gasteiger partial charge in [-0.25, -0.2) is 0 Å². The Bertz CT molecular complexity index is 169. The lowest BCUT2D eigenvalue weighted by atomic mass is 9.72. The van der Waals surface area contributed by atoms with Crippen molar-refractivity contribution < 1.29 is 4.74 Å². The monoisotopic (exact) mass is 183 g/mol. The van der Waals surface area contributed by atoms with Crippen molar-refractivity contribution in [1.82, 2.24) is 5.32 Å². The van der Waals surface area contributed by atoms with Gasteiger partial charge in [0, 0.05) is 0 Å². The third-order valence-corrected chi connectivity index (χ3v) is 2.99. The summed E-state index contributed by atoms with van der Waals surface area (Å²) in [6.45, 7) is 3.49. The average Bonchev–Trinajstić information content (AvgIpc) is 2.06. The molecule has 0 heterocycles. The molecule has 0 aromatic carbocycles. The largest absolute Gasteiger partial charge is 0.504 e. The molecule has 1 N–H and O–H groups in total. The standard InChI is InChI=1S/C11H21NO/c1-9(4-5-12-2)11-6-10(7-11)8-13-3/h8-9,11-12H,4-7H2,1-3H3. The van der Waals surface area contributed by atoms with Crippen molar-refractivity contribution >= 4 is 0 Å². The van der Waals surface area contributed by atoms with E-state index in [-0.39, 0.29) is 0 Å². The molecule has 0 aromatic heterocycles. The van der Waals surface area contributed by atoms with Crippen LogP contribution in [0.15, 0.2) is 11.8 Å². The Morgan fingerprint density at radius 1 is 1.62 bits per heavy atom. The van der Waals surface area contributed by atoms with Crippen LogP contribution in [-0.2, 0) is 4.74 Å². The Balaban J connectivity index is 2.15. The minimum Gasteiger partial charge on any atom is -0.504 e. The van der Waals surface area contributed by atoms with E-state index in [2.05, 4.69) is 12.2 Å². The number of hydrogen-bond acceptors (Lipinski definition) is 2. The van der Waals surface area contributed by atoms with Crippen LogP contribution in [0.3, 0.4) is 0 Å². The minimum absolute atomic E-state index is 0.849. The van der Waals surface area contributed by atoms with Gasteiger partial charge in [0.1, 0.15) is 0 Å². The quantitative estimate of drug-likeness (QED) is 0.660. The molecule has 1 saturated carbocycles. The van der Waals surface area contributed by atoms with Crippen molar-refractivity contribution in [3.05, 3.63) is 11.8 Å². The van der Waals surface area contributed by atoms with Crippen LogP contribution in [-0.4, -0.2) is 20.7 Å². The van der Waals surface area contributed by atoms with Crippen molar-refractivity contribution in [2.45, 2.75) is 26.2 Å². The fourth-order valence-electron chi connectivity index (χ4n) is 1.89. The van der Waals surface area contributed by atoms with E-state index in [1.165, 1.54) is 24.8 Å². The van der Waals surface area contributed by atoms with E-state index < -0.39 is 0 Å². The highest BCUT2D eigenvalue weighted by atomic mass is 16.5.